The fourth-order valence-corrected chi connectivity index (χ4v) is 2.04. The van der Waals surface area contributed by atoms with Crippen molar-refractivity contribution in [2.45, 2.75) is 0 Å². The van der Waals surface area contributed by atoms with Gasteiger partial charge in [-0.05, 0) is 35.9 Å². The molecule has 0 fully saturated rings. The first-order chi connectivity index (χ1) is 10.1. The molecule has 0 saturated heterocycles. The average Bonchev–Trinajstić information content (AvgIpc) is 2.46. The van der Waals surface area contributed by atoms with Gasteiger partial charge in [0.1, 0.15) is 11.6 Å². The van der Waals surface area contributed by atoms with E-state index in [0.717, 1.165) is 0 Å². The first-order valence-electron chi connectivity index (χ1n) is 6.03. The van der Waals surface area contributed by atoms with Crippen molar-refractivity contribution in [2.75, 3.05) is 5.32 Å². The van der Waals surface area contributed by atoms with E-state index in [9.17, 15) is 4.79 Å². The first kappa shape index (κ1) is 15.1. The predicted octanol–water partition coefficient (Wildman–Crippen LogP) is 4.54. The van der Waals surface area contributed by atoms with Crippen LogP contribution in [-0.4, -0.2) is 5.91 Å². The summed E-state index contributed by atoms with van der Waals surface area (Å²) < 4.78 is 0. The molecule has 1 N–H and O–H groups in total. The van der Waals surface area contributed by atoms with Gasteiger partial charge in [0.25, 0.3) is 5.91 Å². The van der Waals surface area contributed by atoms with Crippen molar-refractivity contribution in [3.05, 3.63) is 69.7 Å². The van der Waals surface area contributed by atoms with E-state index in [-0.39, 0.29) is 5.57 Å². The summed E-state index contributed by atoms with van der Waals surface area (Å²) in [5.74, 6) is -0.514. The highest BCUT2D eigenvalue weighted by Gasteiger charge is 2.10. The fraction of sp³-hybridized carbons (Fsp3) is 0. The van der Waals surface area contributed by atoms with Crippen LogP contribution in [0, 0.1) is 11.3 Å². The molecule has 0 saturated carbocycles. The van der Waals surface area contributed by atoms with E-state index < -0.39 is 5.91 Å². The van der Waals surface area contributed by atoms with Crippen LogP contribution < -0.4 is 5.32 Å². The second-order valence-electron chi connectivity index (χ2n) is 4.16. The summed E-state index contributed by atoms with van der Waals surface area (Å²) in [7, 11) is 0. The predicted molar refractivity (Wildman–Crippen MR) is 85.1 cm³/mol. The Morgan fingerprint density at radius 3 is 2.57 bits per heavy atom. The topological polar surface area (TPSA) is 52.9 Å². The number of carbonyl (C=O) groups is 1. The number of nitrogens with one attached hydrogen (secondary N) is 1. The van der Waals surface area contributed by atoms with E-state index >= 15 is 0 Å². The van der Waals surface area contributed by atoms with Gasteiger partial charge in [-0.1, -0.05) is 47.5 Å². The lowest BCUT2D eigenvalue weighted by Crippen LogP contribution is -2.13. The van der Waals surface area contributed by atoms with Gasteiger partial charge in [0.05, 0.1) is 0 Å². The van der Waals surface area contributed by atoms with Gasteiger partial charge >= 0.3 is 0 Å². The molecule has 0 atom stereocenters. The van der Waals surface area contributed by atoms with Crippen molar-refractivity contribution in [1.82, 2.24) is 0 Å². The standard InChI is InChI=1S/C16H10Cl2N2O/c17-13-5-3-6-14(9-13)20-16(21)12(10-19)8-11-4-1-2-7-15(11)18/h1-9H,(H,20,21)/b12-8+. The zero-order chi connectivity index (χ0) is 15.2. The monoisotopic (exact) mass is 316 g/mol. The van der Waals surface area contributed by atoms with Crippen LogP contribution in [0.1, 0.15) is 5.56 Å². The Bertz CT molecular complexity index is 748. The van der Waals surface area contributed by atoms with Gasteiger partial charge in [0.2, 0.25) is 0 Å². The number of nitrogens with zero attached hydrogens (tertiary/aromatic N) is 1. The normalized spacial score (nSPS) is 10.8. The average molecular weight is 317 g/mol. The zero-order valence-electron chi connectivity index (χ0n) is 10.8. The van der Waals surface area contributed by atoms with Crippen LogP contribution in [0.2, 0.25) is 10.0 Å². The third-order valence-electron chi connectivity index (χ3n) is 2.65. The van der Waals surface area contributed by atoms with Crippen LogP contribution in [0.25, 0.3) is 6.08 Å². The molecule has 0 aliphatic heterocycles. The van der Waals surface area contributed by atoms with Crippen LogP contribution in [0.15, 0.2) is 54.1 Å². The molecule has 3 nitrogen and oxygen atoms in total. The summed E-state index contributed by atoms with van der Waals surface area (Å²) in [5, 5.41) is 12.7. The number of rotatable bonds is 3. The number of anilines is 1. The van der Waals surface area contributed by atoms with Gasteiger partial charge in [-0.15, -0.1) is 0 Å². The van der Waals surface area contributed by atoms with Crippen molar-refractivity contribution >= 4 is 40.9 Å². The van der Waals surface area contributed by atoms with Gasteiger partial charge in [-0.25, -0.2) is 0 Å². The SMILES string of the molecule is N#C/C(=C\c1ccccc1Cl)C(=O)Nc1cccc(Cl)c1. The molecule has 0 radical (unpaired) electrons. The summed E-state index contributed by atoms with van der Waals surface area (Å²) >= 11 is 11.9. The largest absolute Gasteiger partial charge is 0.321 e. The highest BCUT2D eigenvalue weighted by Crippen LogP contribution is 2.19. The van der Waals surface area contributed by atoms with Gasteiger partial charge in [-0.3, -0.25) is 4.79 Å². The second-order valence-corrected chi connectivity index (χ2v) is 5.00. The molecule has 104 valence electrons. The van der Waals surface area contributed by atoms with E-state index in [1.807, 2.05) is 6.07 Å². The molecule has 2 rings (SSSR count). The maximum atomic E-state index is 12.1. The van der Waals surface area contributed by atoms with Gasteiger partial charge in [-0.2, -0.15) is 5.26 Å². The number of benzene rings is 2. The highest BCUT2D eigenvalue weighted by atomic mass is 35.5. The lowest BCUT2D eigenvalue weighted by molar-refractivity contribution is -0.112. The minimum Gasteiger partial charge on any atom is -0.321 e. The van der Waals surface area contributed by atoms with Crippen molar-refractivity contribution in [1.29, 1.82) is 5.26 Å². The molecule has 0 aromatic heterocycles. The third kappa shape index (κ3) is 4.09. The molecule has 2 aromatic rings. The Labute approximate surface area is 132 Å². The lowest BCUT2D eigenvalue weighted by Gasteiger charge is -2.05. The van der Waals surface area contributed by atoms with Crippen LogP contribution >= 0.6 is 23.2 Å². The van der Waals surface area contributed by atoms with Gasteiger partial charge in [0, 0.05) is 15.7 Å². The summed E-state index contributed by atoms with van der Waals surface area (Å²) in [4.78, 5) is 12.1. The minimum absolute atomic E-state index is 0.0388. The Morgan fingerprint density at radius 1 is 1.14 bits per heavy atom. The molecule has 5 heteroatoms. The first-order valence-corrected chi connectivity index (χ1v) is 6.79. The smallest absolute Gasteiger partial charge is 0.266 e. The van der Waals surface area contributed by atoms with Gasteiger partial charge < -0.3 is 5.32 Å². The summed E-state index contributed by atoms with van der Waals surface area (Å²) in [6.45, 7) is 0. The number of hydrogen-bond donors (Lipinski definition) is 1. The van der Waals surface area contributed by atoms with Crippen molar-refractivity contribution < 1.29 is 4.79 Å². The number of nitriles is 1. The van der Waals surface area contributed by atoms with E-state index in [0.29, 0.717) is 21.3 Å². The molecular weight excluding hydrogens is 307 g/mol. The maximum absolute atomic E-state index is 12.1. The molecule has 0 aliphatic rings. The van der Waals surface area contributed by atoms with Crippen LogP contribution in [0.3, 0.4) is 0 Å². The molecular formula is C16H10Cl2N2O. The molecule has 0 spiro atoms. The second kappa shape index (κ2) is 6.94. The van der Waals surface area contributed by atoms with Gasteiger partial charge in [0.15, 0.2) is 0 Å². The molecule has 0 bridgehead atoms. The molecule has 0 unspecified atom stereocenters. The summed E-state index contributed by atoms with van der Waals surface area (Å²) in [6.07, 6.45) is 1.45. The number of halogens is 2. The van der Waals surface area contributed by atoms with Crippen LogP contribution in [0.5, 0.6) is 0 Å². The number of hydrogen-bond acceptors (Lipinski definition) is 2. The molecule has 0 heterocycles. The molecule has 2 aromatic carbocycles. The fourth-order valence-electron chi connectivity index (χ4n) is 1.66. The van der Waals surface area contributed by atoms with Crippen LogP contribution in [0.4, 0.5) is 5.69 Å². The van der Waals surface area contributed by atoms with E-state index in [1.165, 1.54) is 6.08 Å². The van der Waals surface area contributed by atoms with Crippen molar-refractivity contribution in [3.63, 3.8) is 0 Å². The van der Waals surface area contributed by atoms with Crippen molar-refractivity contribution in [3.8, 4) is 6.07 Å². The number of amides is 1. The quantitative estimate of drug-likeness (QED) is 0.667. The zero-order valence-corrected chi connectivity index (χ0v) is 12.3. The Balaban J connectivity index is 2.24. The van der Waals surface area contributed by atoms with Crippen LogP contribution in [-0.2, 0) is 4.79 Å². The Morgan fingerprint density at radius 2 is 1.90 bits per heavy atom. The summed E-state index contributed by atoms with van der Waals surface area (Å²) in [5.41, 5.74) is 1.09. The van der Waals surface area contributed by atoms with E-state index in [4.69, 9.17) is 28.5 Å². The Hall–Kier alpha value is -2.28. The highest BCUT2D eigenvalue weighted by molar-refractivity contribution is 6.32. The minimum atomic E-state index is -0.514. The van der Waals surface area contributed by atoms with Crippen molar-refractivity contribution in [2.24, 2.45) is 0 Å². The summed E-state index contributed by atoms with van der Waals surface area (Å²) in [6, 6.07) is 15.5. The number of carbonyl (C=O) groups excluding carboxylic acids is 1. The van der Waals surface area contributed by atoms with E-state index in [2.05, 4.69) is 5.32 Å². The van der Waals surface area contributed by atoms with E-state index in [1.54, 1.807) is 48.5 Å². The third-order valence-corrected chi connectivity index (χ3v) is 3.23. The molecule has 21 heavy (non-hydrogen) atoms. The maximum Gasteiger partial charge on any atom is 0.266 e. The molecule has 0 aliphatic carbocycles. The lowest BCUT2D eigenvalue weighted by atomic mass is 10.1. The molecule has 1 amide bonds. The Kier molecular flexibility index (Phi) is 4.99.